The summed E-state index contributed by atoms with van der Waals surface area (Å²) in [5, 5.41) is 0. The molecular weight excluding hydrogens is 335 g/mol. The third-order valence-electron chi connectivity index (χ3n) is 4.82. The van der Waals surface area contributed by atoms with Crippen molar-refractivity contribution in [1.29, 1.82) is 0 Å². The molecule has 1 aromatic carbocycles. The van der Waals surface area contributed by atoms with E-state index in [1.807, 2.05) is 17.0 Å². The standard InChI is InChI=1S/C19H21FN4O2/c20-16-13-21-17(22-18(16)23-7-1-2-8-23)14-3-5-15(6-4-14)19(25)24-9-11-26-12-10-24/h3-6,13H,1-2,7-12H2. The average molecular weight is 356 g/mol. The third kappa shape index (κ3) is 3.39. The minimum atomic E-state index is -0.394. The van der Waals surface area contributed by atoms with Crippen LogP contribution in [0.2, 0.25) is 0 Å². The van der Waals surface area contributed by atoms with Gasteiger partial charge in [-0.3, -0.25) is 4.79 Å². The number of hydrogen-bond acceptors (Lipinski definition) is 5. The SMILES string of the molecule is O=C(c1ccc(-c2ncc(F)c(N3CCCC3)n2)cc1)N1CCOCC1. The Bertz CT molecular complexity index is 785. The van der Waals surface area contributed by atoms with Crippen LogP contribution in [0.4, 0.5) is 10.2 Å². The molecule has 0 aliphatic carbocycles. The molecule has 2 aromatic rings. The number of morpholine rings is 1. The third-order valence-corrected chi connectivity index (χ3v) is 4.82. The van der Waals surface area contributed by atoms with Gasteiger partial charge in [-0.05, 0) is 25.0 Å². The maximum atomic E-state index is 14.1. The molecule has 6 nitrogen and oxygen atoms in total. The first kappa shape index (κ1) is 16.9. The molecule has 2 aliphatic rings. The van der Waals surface area contributed by atoms with Crippen LogP contribution in [0, 0.1) is 5.82 Å². The van der Waals surface area contributed by atoms with Gasteiger partial charge in [-0.1, -0.05) is 12.1 Å². The number of amides is 1. The van der Waals surface area contributed by atoms with Crippen molar-refractivity contribution in [2.24, 2.45) is 0 Å². The summed E-state index contributed by atoms with van der Waals surface area (Å²) < 4.78 is 19.4. The van der Waals surface area contributed by atoms with Crippen LogP contribution in [0.25, 0.3) is 11.4 Å². The van der Waals surface area contributed by atoms with Crippen molar-refractivity contribution in [3.8, 4) is 11.4 Å². The minimum Gasteiger partial charge on any atom is -0.378 e. The smallest absolute Gasteiger partial charge is 0.254 e. The van der Waals surface area contributed by atoms with Crippen molar-refractivity contribution in [2.75, 3.05) is 44.3 Å². The van der Waals surface area contributed by atoms with E-state index >= 15 is 0 Å². The molecule has 2 fully saturated rings. The van der Waals surface area contributed by atoms with E-state index in [2.05, 4.69) is 9.97 Å². The highest BCUT2D eigenvalue weighted by Gasteiger charge is 2.20. The Hall–Kier alpha value is -2.54. The van der Waals surface area contributed by atoms with Crippen LogP contribution >= 0.6 is 0 Å². The fraction of sp³-hybridized carbons (Fsp3) is 0.421. The first-order valence-electron chi connectivity index (χ1n) is 8.97. The van der Waals surface area contributed by atoms with Crippen LogP contribution in [0.3, 0.4) is 0 Å². The van der Waals surface area contributed by atoms with E-state index < -0.39 is 5.82 Å². The van der Waals surface area contributed by atoms with E-state index in [0.29, 0.717) is 43.5 Å². The van der Waals surface area contributed by atoms with E-state index in [9.17, 15) is 9.18 Å². The van der Waals surface area contributed by atoms with Gasteiger partial charge in [0.25, 0.3) is 5.91 Å². The number of carbonyl (C=O) groups is 1. The predicted octanol–water partition coefficient (Wildman–Crippen LogP) is 2.36. The first-order chi connectivity index (χ1) is 12.7. The summed E-state index contributed by atoms with van der Waals surface area (Å²) in [5.74, 6) is 0.437. The second kappa shape index (κ2) is 7.37. The quantitative estimate of drug-likeness (QED) is 0.845. The molecule has 0 atom stereocenters. The van der Waals surface area contributed by atoms with Crippen LogP contribution in [-0.4, -0.2) is 60.2 Å². The molecule has 26 heavy (non-hydrogen) atoms. The molecule has 0 N–H and O–H groups in total. The zero-order valence-electron chi connectivity index (χ0n) is 14.5. The van der Waals surface area contributed by atoms with E-state index in [1.165, 1.54) is 6.20 Å². The topological polar surface area (TPSA) is 58.6 Å². The van der Waals surface area contributed by atoms with Gasteiger partial charge in [0.1, 0.15) is 0 Å². The van der Waals surface area contributed by atoms with Crippen molar-refractivity contribution in [2.45, 2.75) is 12.8 Å². The van der Waals surface area contributed by atoms with E-state index in [-0.39, 0.29) is 5.91 Å². The molecule has 0 unspecified atom stereocenters. The lowest BCUT2D eigenvalue weighted by molar-refractivity contribution is 0.0303. The number of anilines is 1. The van der Waals surface area contributed by atoms with Crippen molar-refractivity contribution in [1.82, 2.24) is 14.9 Å². The van der Waals surface area contributed by atoms with Gasteiger partial charge in [0.05, 0.1) is 19.4 Å². The van der Waals surface area contributed by atoms with Gasteiger partial charge < -0.3 is 14.5 Å². The van der Waals surface area contributed by atoms with Crippen molar-refractivity contribution >= 4 is 11.7 Å². The highest BCUT2D eigenvalue weighted by atomic mass is 19.1. The zero-order chi connectivity index (χ0) is 17.9. The van der Waals surface area contributed by atoms with Gasteiger partial charge in [0, 0.05) is 37.3 Å². The molecule has 1 aromatic heterocycles. The molecule has 0 saturated carbocycles. The lowest BCUT2D eigenvalue weighted by Gasteiger charge is -2.26. The summed E-state index contributed by atoms with van der Waals surface area (Å²) in [6, 6.07) is 7.17. The zero-order valence-corrected chi connectivity index (χ0v) is 14.5. The molecule has 3 heterocycles. The maximum absolute atomic E-state index is 14.1. The summed E-state index contributed by atoms with van der Waals surface area (Å²) >= 11 is 0. The minimum absolute atomic E-state index is 0.00219. The van der Waals surface area contributed by atoms with Crippen LogP contribution in [0.5, 0.6) is 0 Å². The molecule has 0 spiro atoms. The molecule has 1 amide bonds. The van der Waals surface area contributed by atoms with Crippen molar-refractivity contribution in [3.05, 3.63) is 41.8 Å². The fourth-order valence-corrected chi connectivity index (χ4v) is 3.36. The lowest BCUT2D eigenvalue weighted by atomic mass is 10.1. The number of hydrogen-bond donors (Lipinski definition) is 0. The highest BCUT2D eigenvalue weighted by molar-refractivity contribution is 5.94. The maximum Gasteiger partial charge on any atom is 0.254 e. The molecule has 136 valence electrons. The average Bonchev–Trinajstić information content (AvgIpc) is 3.23. The first-order valence-corrected chi connectivity index (χ1v) is 8.97. The molecule has 7 heteroatoms. The Morgan fingerprint density at radius 3 is 2.42 bits per heavy atom. The molecule has 2 saturated heterocycles. The summed E-state index contributed by atoms with van der Waals surface area (Å²) in [6.07, 6.45) is 3.33. The van der Waals surface area contributed by atoms with Crippen molar-refractivity contribution in [3.63, 3.8) is 0 Å². The second-order valence-corrected chi connectivity index (χ2v) is 6.54. The van der Waals surface area contributed by atoms with Gasteiger partial charge in [-0.15, -0.1) is 0 Å². The van der Waals surface area contributed by atoms with E-state index in [0.717, 1.165) is 31.5 Å². The lowest BCUT2D eigenvalue weighted by Crippen LogP contribution is -2.40. The largest absolute Gasteiger partial charge is 0.378 e. The fourth-order valence-electron chi connectivity index (χ4n) is 3.36. The number of rotatable bonds is 3. The van der Waals surface area contributed by atoms with E-state index in [4.69, 9.17) is 4.74 Å². The van der Waals surface area contributed by atoms with Gasteiger partial charge in [0.15, 0.2) is 17.5 Å². The number of aromatic nitrogens is 2. The number of nitrogens with zero attached hydrogens (tertiary/aromatic N) is 4. The van der Waals surface area contributed by atoms with Crippen LogP contribution in [0.1, 0.15) is 23.2 Å². The number of carbonyl (C=O) groups excluding carboxylic acids is 1. The normalized spacial score (nSPS) is 17.6. The summed E-state index contributed by atoms with van der Waals surface area (Å²) in [4.78, 5) is 24.8. The van der Waals surface area contributed by atoms with Crippen molar-refractivity contribution < 1.29 is 13.9 Å². The van der Waals surface area contributed by atoms with Crippen LogP contribution < -0.4 is 4.90 Å². The Labute approximate surface area is 151 Å². The van der Waals surface area contributed by atoms with Gasteiger partial charge in [-0.2, -0.15) is 0 Å². The molecule has 0 radical (unpaired) electrons. The summed E-state index contributed by atoms with van der Waals surface area (Å²) in [6.45, 7) is 4.02. The monoisotopic (exact) mass is 356 g/mol. The predicted molar refractivity (Wildman–Crippen MR) is 95.6 cm³/mol. The van der Waals surface area contributed by atoms with Gasteiger partial charge >= 0.3 is 0 Å². The van der Waals surface area contributed by atoms with Gasteiger partial charge in [0.2, 0.25) is 0 Å². The Morgan fingerprint density at radius 1 is 1.04 bits per heavy atom. The molecular formula is C19H21FN4O2. The highest BCUT2D eigenvalue weighted by Crippen LogP contribution is 2.24. The number of halogens is 1. The summed E-state index contributed by atoms with van der Waals surface area (Å²) in [5.41, 5.74) is 1.39. The van der Waals surface area contributed by atoms with E-state index in [1.54, 1.807) is 17.0 Å². The molecule has 4 rings (SSSR count). The van der Waals surface area contributed by atoms with Crippen LogP contribution in [-0.2, 0) is 4.74 Å². The molecule has 0 bridgehead atoms. The number of ether oxygens (including phenoxy) is 1. The molecule has 2 aliphatic heterocycles. The Balaban J connectivity index is 1.55. The Kier molecular flexibility index (Phi) is 4.79. The van der Waals surface area contributed by atoms with Gasteiger partial charge in [-0.25, -0.2) is 14.4 Å². The van der Waals surface area contributed by atoms with Crippen LogP contribution in [0.15, 0.2) is 30.5 Å². The number of benzene rings is 1. The summed E-state index contributed by atoms with van der Waals surface area (Å²) in [7, 11) is 0. The Morgan fingerprint density at radius 2 is 1.73 bits per heavy atom. The second-order valence-electron chi connectivity index (χ2n) is 6.54.